The van der Waals surface area contributed by atoms with Gasteiger partial charge in [-0.3, -0.25) is 4.79 Å². The molecule has 1 fully saturated rings. The van der Waals surface area contributed by atoms with E-state index in [-0.39, 0.29) is 18.5 Å². The molecule has 1 aromatic heterocycles. The number of aromatic nitrogens is 1. The maximum absolute atomic E-state index is 11.7. The number of pyridine rings is 1. The molecule has 1 aliphatic carbocycles. The zero-order chi connectivity index (χ0) is 15.2. The summed E-state index contributed by atoms with van der Waals surface area (Å²) in [6.45, 7) is 4.42. The zero-order valence-corrected chi connectivity index (χ0v) is 12.4. The van der Waals surface area contributed by atoms with Crippen molar-refractivity contribution in [2.45, 2.75) is 32.7 Å². The molecular weight excluding hydrogens is 272 g/mol. The number of nitrogens with zero attached hydrogens (tertiary/aromatic N) is 2. The van der Waals surface area contributed by atoms with Gasteiger partial charge >= 0.3 is 11.9 Å². The van der Waals surface area contributed by atoms with Crippen LogP contribution in [0.5, 0.6) is 0 Å². The van der Waals surface area contributed by atoms with E-state index in [9.17, 15) is 9.59 Å². The third-order valence-corrected chi connectivity index (χ3v) is 3.15. The quantitative estimate of drug-likeness (QED) is 0.714. The standard InChI is InChI=1S/C15H20N2O4/c1-3-20-14(18)10-17(12-6-7-12)13-8-5-11(9-16-13)15(19)21-4-2/h5,8-9,12H,3-4,6-7,10H2,1-2H3. The molecule has 0 atom stereocenters. The van der Waals surface area contributed by atoms with Gasteiger partial charge in [-0.1, -0.05) is 0 Å². The SMILES string of the molecule is CCOC(=O)CN(c1ccc(C(=O)OCC)cn1)C1CC1. The summed E-state index contributed by atoms with van der Waals surface area (Å²) in [4.78, 5) is 29.4. The lowest BCUT2D eigenvalue weighted by Crippen LogP contribution is -2.33. The number of carbonyl (C=O) groups excluding carboxylic acids is 2. The molecule has 2 rings (SSSR count). The van der Waals surface area contributed by atoms with Gasteiger partial charge in [-0.05, 0) is 38.8 Å². The number of hydrogen-bond donors (Lipinski definition) is 0. The Hall–Kier alpha value is -2.11. The van der Waals surface area contributed by atoms with E-state index in [0.717, 1.165) is 12.8 Å². The molecule has 21 heavy (non-hydrogen) atoms. The average molecular weight is 292 g/mol. The minimum Gasteiger partial charge on any atom is -0.465 e. The number of hydrogen-bond acceptors (Lipinski definition) is 6. The number of carbonyl (C=O) groups is 2. The van der Waals surface area contributed by atoms with Gasteiger partial charge in [-0.2, -0.15) is 0 Å². The van der Waals surface area contributed by atoms with E-state index < -0.39 is 0 Å². The van der Waals surface area contributed by atoms with Crippen LogP contribution in [0.3, 0.4) is 0 Å². The Bertz CT molecular complexity index is 497. The molecule has 0 aliphatic heterocycles. The zero-order valence-electron chi connectivity index (χ0n) is 12.4. The van der Waals surface area contributed by atoms with Gasteiger partial charge in [0.25, 0.3) is 0 Å². The van der Waals surface area contributed by atoms with Crippen LogP contribution < -0.4 is 4.90 Å². The largest absolute Gasteiger partial charge is 0.465 e. The van der Waals surface area contributed by atoms with Crippen LogP contribution in [0.25, 0.3) is 0 Å². The summed E-state index contributed by atoms with van der Waals surface area (Å²) in [6, 6.07) is 3.74. The molecule has 0 amide bonds. The maximum Gasteiger partial charge on any atom is 0.339 e. The third-order valence-electron chi connectivity index (χ3n) is 3.15. The fourth-order valence-electron chi connectivity index (χ4n) is 2.02. The highest BCUT2D eigenvalue weighted by Crippen LogP contribution is 2.30. The van der Waals surface area contributed by atoms with Crippen molar-refractivity contribution in [2.24, 2.45) is 0 Å². The van der Waals surface area contributed by atoms with Gasteiger partial charge in [-0.25, -0.2) is 9.78 Å². The van der Waals surface area contributed by atoms with E-state index in [1.807, 2.05) is 4.90 Å². The van der Waals surface area contributed by atoms with Crippen molar-refractivity contribution < 1.29 is 19.1 Å². The van der Waals surface area contributed by atoms with Crippen molar-refractivity contribution in [3.8, 4) is 0 Å². The van der Waals surface area contributed by atoms with Gasteiger partial charge in [0.05, 0.1) is 18.8 Å². The first-order valence-corrected chi connectivity index (χ1v) is 7.21. The van der Waals surface area contributed by atoms with Crippen LogP contribution >= 0.6 is 0 Å². The van der Waals surface area contributed by atoms with Crippen LogP contribution in [0.2, 0.25) is 0 Å². The molecule has 0 aromatic carbocycles. The Balaban J connectivity index is 2.06. The molecule has 0 spiro atoms. The normalized spacial score (nSPS) is 13.6. The fraction of sp³-hybridized carbons (Fsp3) is 0.533. The van der Waals surface area contributed by atoms with Crippen LogP contribution in [0.4, 0.5) is 5.82 Å². The summed E-state index contributed by atoms with van der Waals surface area (Å²) in [5, 5.41) is 0. The molecule has 6 nitrogen and oxygen atoms in total. The van der Waals surface area contributed by atoms with Crippen molar-refractivity contribution >= 4 is 17.8 Å². The minimum absolute atomic E-state index is 0.185. The van der Waals surface area contributed by atoms with Crippen molar-refractivity contribution in [2.75, 3.05) is 24.7 Å². The summed E-state index contributed by atoms with van der Waals surface area (Å²) >= 11 is 0. The smallest absolute Gasteiger partial charge is 0.339 e. The predicted octanol–water partition coefficient (Wildman–Crippen LogP) is 1.79. The van der Waals surface area contributed by atoms with Crippen molar-refractivity contribution in [1.29, 1.82) is 0 Å². The van der Waals surface area contributed by atoms with Crippen LogP contribution in [0, 0.1) is 0 Å². The molecule has 114 valence electrons. The van der Waals surface area contributed by atoms with E-state index in [0.29, 0.717) is 30.6 Å². The molecule has 6 heteroatoms. The average Bonchev–Trinajstić information content (AvgIpc) is 3.30. The Morgan fingerprint density at radius 2 is 1.95 bits per heavy atom. The molecule has 0 N–H and O–H groups in total. The molecule has 0 unspecified atom stereocenters. The van der Waals surface area contributed by atoms with Gasteiger partial charge in [-0.15, -0.1) is 0 Å². The topological polar surface area (TPSA) is 68.7 Å². The number of anilines is 1. The van der Waals surface area contributed by atoms with Crippen LogP contribution in [-0.2, 0) is 14.3 Å². The molecule has 0 saturated heterocycles. The van der Waals surface area contributed by atoms with Crippen molar-refractivity contribution in [3.63, 3.8) is 0 Å². The number of rotatable bonds is 7. The van der Waals surface area contributed by atoms with E-state index in [4.69, 9.17) is 9.47 Å². The summed E-state index contributed by atoms with van der Waals surface area (Å²) < 4.78 is 9.90. The number of ether oxygens (including phenoxy) is 2. The van der Waals surface area contributed by atoms with E-state index in [1.54, 1.807) is 26.0 Å². The second-order valence-electron chi connectivity index (χ2n) is 4.79. The predicted molar refractivity (Wildman–Crippen MR) is 77.2 cm³/mol. The molecule has 1 heterocycles. The molecule has 1 aromatic rings. The minimum atomic E-state index is -0.389. The second kappa shape index (κ2) is 7.06. The van der Waals surface area contributed by atoms with Crippen LogP contribution in [0.1, 0.15) is 37.0 Å². The summed E-state index contributed by atoms with van der Waals surface area (Å²) in [6.07, 6.45) is 3.56. The van der Waals surface area contributed by atoms with Crippen molar-refractivity contribution in [1.82, 2.24) is 4.98 Å². The lowest BCUT2D eigenvalue weighted by molar-refractivity contribution is -0.141. The van der Waals surface area contributed by atoms with Crippen molar-refractivity contribution in [3.05, 3.63) is 23.9 Å². The first-order chi connectivity index (χ1) is 10.2. The van der Waals surface area contributed by atoms with E-state index in [1.165, 1.54) is 6.20 Å². The molecular formula is C15H20N2O4. The van der Waals surface area contributed by atoms with Gasteiger partial charge < -0.3 is 14.4 Å². The molecule has 0 bridgehead atoms. The third kappa shape index (κ3) is 4.18. The lowest BCUT2D eigenvalue weighted by Gasteiger charge is -2.22. The Kier molecular flexibility index (Phi) is 5.14. The monoisotopic (exact) mass is 292 g/mol. The maximum atomic E-state index is 11.7. The van der Waals surface area contributed by atoms with E-state index in [2.05, 4.69) is 4.98 Å². The highest BCUT2D eigenvalue weighted by molar-refractivity contribution is 5.89. The van der Waals surface area contributed by atoms with Crippen LogP contribution in [0.15, 0.2) is 18.3 Å². The van der Waals surface area contributed by atoms with Gasteiger partial charge in [0, 0.05) is 12.2 Å². The Morgan fingerprint density at radius 3 is 2.48 bits per heavy atom. The van der Waals surface area contributed by atoms with E-state index >= 15 is 0 Å². The van der Waals surface area contributed by atoms with Gasteiger partial charge in [0.15, 0.2) is 0 Å². The first kappa shape index (κ1) is 15.3. The summed E-state index contributed by atoms with van der Waals surface area (Å²) in [7, 11) is 0. The lowest BCUT2D eigenvalue weighted by atomic mass is 10.3. The molecule has 1 aliphatic rings. The van der Waals surface area contributed by atoms with Crippen LogP contribution in [-0.4, -0.2) is 42.7 Å². The second-order valence-corrected chi connectivity index (χ2v) is 4.79. The highest BCUT2D eigenvalue weighted by atomic mass is 16.5. The van der Waals surface area contributed by atoms with Gasteiger partial charge in [0.2, 0.25) is 0 Å². The first-order valence-electron chi connectivity index (χ1n) is 7.21. The molecule has 0 radical (unpaired) electrons. The number of esters is 2. The Morgan fingerprint density at radius 1 is 1.24 bits per heavy atom. The Labute approximate surface area is 124 Å². The van der Waals surface area contributed by atoms with Gasteiger partial charge in [0.1, 0.15) is 12.4 Å². The molecule has 1 saturated carbocycles. The summed E-state index contributed by atoms with van der Waals surface area (Å²) in [5.41, 5.74) is 0.410. The summed E-state index contributed by atoms with van der Waals surface area (Å²) in [5.74, 6) is 0.0270. The highest BCUT2D eigenvalue weighted by Gasteiger charge is 2.31. The fourth-order valence-corrected chi connectivity index (χ4v) is 2.02.